The van der Waals surface area contributed by atoms with E-state index in [1.165, 1.54) is 12.1 Å². The molecule has 1 rings (SSSR count). The molecule has 0 aliphatic rings. The molecule has 3 unspecified atom stereocenters. The van der Waals surface area contributed by atoms with E-state index >= 15 is 0 Å². The number of hydrogen-bond acceptors (Lipinski definition) is 7. The minimum atomic E-state index is -1.20. The van der Waals surface area contributed by atoms with Crippen molar-refractivity contribution in [3.8, 4) is 5.75 Å². The van der Waals surface area contributed by atoms with Crippen LogP contribution in [0.3, 0.4) is 0 Å². The first kappa shape index (κ1) is 28.9. The number of nitrogens with one attached hydrogen (secondary N) is 3. The van der Waals surface area contributed by atoms with Crippen LogP contribution in [0.25, 0.3) is 0 Å². The monoisotopic (exact) mass is 479 g/mol. The van der Waals surface area contributed by atoms with Crippen molar-refractivity contribution in [1.29, 1.82) is 0 Å². The summed E-state index contributed by atoms with van der Waals surface area (Å²) in [6, 6.07) is 3.31. The van der Waals surface area contributed by atoms with Gasteiger partial charge in [-0.3, -0.25) is 19.2 Å². The lowest BCUT2D eigenvalue weighted by molar-refractivity contribution is -0.138. The molecule has 0 aliphatic heterocycles. The number of aliphatic carboxylic acids is 1. The van der Waals surface area contributed by atoms with Crippen LogP contribution in [0, 0.1) is 5.92 Å². The van der Waals surface area contributed by atoms with Crippen molar-refractivity contribution in [2.24, 2.45) is 17.4 Å². The third-order valence-electron chi connectivity index (χ3n) is 5.07. The van der Waals surface area contributed by atoms with Crippen LogP contribution >= 0.6 is 0 Å². The van der Waals surface area contributed by atoms with E-state index in [0.717, 1.165) is 6.42 Å². The smallest absolute Gasteiger partial charge is 0.322 e. The van der Waals surface area contributed by atoms with Crippen LogP contribution < -0.4 is 27.4 Å². The molecule has 11 nitrogen and oxygen atoms in total. The Labute approximate surface area is 199 Å². The normalized spacial score (nSPS) is 13.6. The SMILES string of the molecule is CC(C)CC(NC(=O)C(Cc1ccc(O)cc1)NC(=O)C(N)CCCCN)C(=O)NCC(=O)O. The summed E-state index contributed by atoms with van der Waals surface area (Å²) in [5, 5.41) is 25.9. The topological polar surface area (TPSA) is 197 Å². The quantitative estimate of drug-likeness (QED) is 0.165. The van der Waals surface area contributed by atoms with Gasteiger partial charge in [-0.25, -0.2) is 0 Å². The Balaban J connectivity index is 3.00. The lowest BCUT2D eigenvalue weighted by Gasteiger charge is -2.25. The Morgan fingerprint density at radius 2 is 1.56 bits per heavy atom. The van der Waals surface area contributed by atoms with Gasteiger partial charge in [0.2, 0.25) is 17.7 Å². The molecule has 9 N–H and O–H groups in total. The van der Waals surface area contributed by atoms with Crippen LogP contribution in [0.2, 0.25) is 0 Å². The zero-order valence-corrected chi connectivity index (χ0v) is 19.8. The molecule has 0 radical (unpaired) electrons. The van der Waals surface area contributed by atoms with Crippen molar-refractivity contribution in [1.82, 2.24) is 16.0 Å². The number of carbonyl (C=O) groups is 4. The molecule has 0 saturated heterocycles. The van der Waals surface area contributed by atoms with E-state index in [9.17, 15) is 24.3 Å². The molecule has 34 heavy (non-hydrogen) atoms. The van der Waals surface area contributed by atoms with Gasteiger partial charge in [0.05, 0.1) is 6.04 Å². The highest BCUT2D eigenvalue weighted by Gasteiger charge is 2.29. The number of hydrogen-bond donors (Lipinski definition) is 7. The van der Waals surface area contributed by atoms with Gasteiger partial charge in [-0.1, -0.05) is 32.4 Å². The molecule has 3 atom stereocenters. The minimum Gasteiger partial charge on any atom is -0.508 e. The summed E-state index contributed by atoms with van der Waals surface area (Å²) in [7, 11) is 0. The van der Waals surface area contributed by atoms with E-state index in [0.29, 0.717) is 24.9 Å². The van der Waals surface area contributed by atoms with Gasteiger partial charge >= 0.3 is 5.97 Å². The van der Waals surface area contributed by atoms with Gasteiger partial charge in [0.1, 0.15) is 24.4 Å². The minimum absolute atomic E-state index is 0.0296. The van der Waals surface area contributed by atoms with Crippen LogP contribution in [0.4, 0.5) is 0 Å². The number of unbranched alkanes of at least 4 members (excludes halogenated alkanes) is 1. The fourth-order valence-electron chi connectivity index (χ4n) is 3.26. The fourth-order valence-corrected chi connectivity index (χ4v) is 3.26. The van der Waals surface area contributed by atoms with Crippen molar-refractivity contribution in [3.05, 3.63) is 29.8 Å². The second kappa shape index (κ2) is 14.9. The molecular weight excluding hydrogens is 442 g/mol. The maximum Gasteiger partial charge on any atom is 0.322 e. The van der Waals surface area contributed by atoms with Gasteiger partial charge in [-0.2, -0.15) is 0 Å². The Morgan fingerprint density at radius 1 is 0.941 bits per heavy atom. The highest BCUT2D eigenvalue weighted by atomic mass is 16.4. The molecule has 0 spiro atoms. The highest BCUT2D eigenvalue weighted by Crippen LogP contribution is 2.13. The number of rotatable bonds is 15. The van der Waals surface area contributed by atoms with E-state index in [1.54, 1.807) is 12.1 Å². The van der Waals surface area contributed by atoms with Crippen LogP contribution in [-0.4, -0.2) is 65.1 Å². The average Bonchev–Trinajstić information content (AvgIpc) is 2.77. The standard InChI is InChI=1S/C23H37N5O6/c1-14(2)11-18(22(33)26-13-20(30)31)28-23(34)19(12-15-6-8-16(29)9-7-15)27-21(32)17(25)5-3-4-10-24/h6-9,14,17-19,29H,3-5,10-13,24-25H2,1-2H3,(H,26,33)(H,27,32)(H,28,34)(H,30,31). The Kier molecular flexibility index (Phi) is 12.6. The largest absolute Gasteiger partial charge is 0.508 e. The number of phenolic OH excluding ortho intramolecular Hbond substituents is 1. The van der Waals surface area contributed by atoms with Crippen molar-refractivity contribution in [2.75, 3.05) is 13.1 Å². The molecule has 0 fully saturated rings. The van der Waals surface area contributed by atoms with Crippen LogP contribution in [0.15, 0.2) is 24.3 Å². The predicted octanol–water partition coefficient (Wildman–Crippen LogP) is -0.392. The van der Waals surface area contributed by atoms with Gasteiger partial charge in [-0.15, -0.1) is 0 Å². The molecule has 0 saturated carbocycles. The van der Waals surface area contributed by atoms with E-state index in [4.69, 9.17) is 16.6 Å². The molecule has 1 aromatic rings. The Bertz CT molecular complexity index is 815. The molecule has 11 heteroatoms. The first-order chi connectivity index (χ1) is 16.0. The summed E-state index contributed by atoms with van der Waals surface area (Å²) in [5.74, 6) is -2.86. The average molecular weight is 480 g/mol. The van der Waals surface area contributed by atoms with Crippen LogP contribution in [-0.2, 0) is 25.6 Å². The van der Waals surface area contributed by atoms with Crippen molar-refractivity contribution in [3.63, 3.8) is 0 Å². The molecule has 3 amide bonds. The van der Waals surface area contributed by atoms with E-state index in [-0.39, 0.29) is 24.5 Å². The van der Waals surface area contributed by atoms with Gasteiger partial charge in [0.15, 0.2) is 0 Å². The summed E-state index contributed by atoms with van der Waals surface area (Å²) in [5.41, 5.74) is 12.1. The van der Waals surface area contributed by atoms with Gasteiger partial charge in [0, 0.05) is 6.42 Å². The summed E-state index contributed by atoms with van der Waals surface area (Å²) in [6.07, 6.45) is 2.17. The van der Waals surface area contributed by atoms with Gasteiger partial charge < -0.3 is 37.6 Å². The number of carbonyl (C=O) groups excluding carboxylic acids is 3. The van der Waals surface area contributed by atoms with Crippen LogP contribution in [0.5, 0.6) is 5.75 Å². The molecule has 1 aromatic carbocycles. The first-order valence-electron chi connectivity index (χ1n) is 11.4. The van der Waals surface area contributed by atoms with Crippen molar-refractivity contribution < 1.29 is 29.4 Å². The molecule has 0 aromatic heterocycles. The van der Waals surface area contributed by atoms with Gasteiger partial charge in [0.25, 0.3) is 0 Å². The maximum absolute atomic E-state index is 13.1. The maximum atomic E-state index is 13.1. The molecule has 0 aliphatic carbocycles. The summed E-state index contributed by atoms with van der Waals surface area (Å²) < 4.78 is 0. The molecule has 190 valence electrons. The third-order valence-corrected chi connectivity index (χ3v) is 5.07. The molecule has 0 bridgehead atoms. The number of amides is 3. The summed E-state index contributed by atoms with van der Waals surface area (Å²) in [6.45, 7) is 3.63. The summed E-state index contributed by atoms with van der Waals surface area (Å²) >= 11 is 0. The zero-order chi connectivity index (χ0) is 25.7. The number of phenols is 1. The molecular formula is C23H37N5O6. The van der Waals surface area contributed by atoms with Crippen molar-refractivity contribution in [2.45, 2.75) is 64.1 Å². The van der Waals surface area contributed by atoms with Gasteiger partial charge in [-0.05, 0) is 49.4 Å². The van der Waals surface area contributed by atoms with E-state index in [2.05, 4.69) is 16.0 Å². The Morgan fingerprint density at radius 3 is 2.12 bits per heavy atom. The number of aromatic hydroxyl groups is 1. The first-order valence-corrected chi connectivity index (χ1v) is 11.4. The number of nitrogens with two attached hydrogens (primary N) is 2. The molecule has 0 heterocycles. The third kappa shape index (κ3) is 11.1. The van der Waals surface area contributed by atoms with Crippen molar-refractivity contribution >= 4 is 23.7 Å². The second-order valence-electron chi connectivity index (χ2n) is 8.62. The number of carboxylic acid groups (broad SMARTS) is 1. The predicted molar refractivity (Wildman–Crippen MR) is 127 cm³/mol. The highest BCUT2D eigenvalue weighted by molar-refractivity contribution is 5.93. The fraction of sp³-hybridized carbons (Fsp3) is 0.565. The lowest BCUT2D eigenvalue weighted by Crippen LogP contribution is -2.56. The zero-order valence-electron chi connectivity index (χ0n) is 19.8. The van der Waals surface area contributed by atoms with Crippen LogP contribution in [0.1, 0.15) is 45.1 Å². The number of carboxylic acids is 1. The Hall–Kier alpha value is -3.18. The summed E-state index contributed by atoms with van der Waals surface area (Å²) in [4.78, 5) is 49.1. The lowest BCUT2D eigenvalue weighted by atomic mass is 10.0. The number of benzene rings is 1. The van der Waals surface area contributed by atoms with E-state index < -0.39 is 48.4 Å². The van der Waals surface area contributed by atoms with E-state index in [1.807, 2.05) is 13.8 Å². The second-order valence-corrected chi connectivity index (χ2v) is 8.62.